The zero-order valence-electron chi connectivity index (χ0n) is 17.1. The molecule has 0 fully saturated rings. The number of benzene rings is 2. The lowest BCUT2D eigenvalue weighted by Gasteiger charge is -2.14. The Kier molecular flexibility index (Phi) is 6.56. The molecule has 32 heavy (non-hydrogen) atoms. The van der Waals surface area contributed by atoms with Crippen LogP contribution >= 0.6 is 23.1 Å². The van der Waals surface area contributed by atoms with Crippen molar-refractivity contribution < 1.29 is 13.2 Å². The van der Waals surface area contributed by atoms with Crippen molar-refractivity contribution in [3.05, 3.63) is 72.6 Å². The Labute approximate surface area is 194 Å². The third kappa shape index (κ3) is 5.16. The van der Waals surface area contributed by atoms with Gasteiger partial charge in [0.1, 0.15) is 16.2 Å². The van der Waals surface area contributed by atoms with E-state index in [1.165, 1.54) is 30.2 Å². The fourth-order valence-electron chi connectivity index (χ4n) is 3.14. The number of aromatic nitrogens is 2. The number of thioether (sulfide) groups is 1. The second kappa shape index (κ2) is 9.37. The minimum atomic E-state index is -3.74. The lowest BCUT2D eigenvalue weighted by molar-refractivity contribution is -0.119. The fourth-order valence-corrected chi connectivity index (χ4v) is 5.51. The monoisotopic (exact) mass is 484 g/mol. The van der Waals surface area contributed by atoms with Crippen molar-refractivity contribution in [3.8, 4) is 10.4 Å². The third-order valence-corrected chi connectivity index (χ3v) is 7.80. The number of hydrogen-bond donors (Lipinski definition) is 2. The zero-order valence-corrected chi connectivity index (χ0v) is 19.5. The SMILES string of the molecule is C[C@@H](NC(=O)CSc1ncnc2sc(-c3ccccc3)cc12)c1ccc(S(N)(=O)=O)cc1. The quantitative estimate of drug-likeness (QED) is 0.303. The van der Waals surface area contributed by atoms with Crippen molar-refractivity contribution in [2.45, 2.75) is 22.9 Å². The van der Waals surface area contributed by atoms with Gasteiger partial charge in [-0.15, -0.1) is 11.3 Å². The molecule has 0 bridgehead atoms. The molecule has 164 valence electrons. The highest BCUT2D eigenvalue weighted by atomic mass is 32.2. The average molecular weight is 485 g/mol. The van der Waals surface area contributed by atoms with Crippen LogP contribution in [-0.2, 0) is 14.8 Å². The van der Waals surface area contributed by atoms with Crippen molar-refractivity contribution in [1.29, 1.82) is 0 Å². The van der Waals surface area contributed by atoms with Gasteiger partial charge in [-0.3, -0.25) is 4.79 Å². The van der Waals surface area contributed by atoms with Crippen LogP contribution in [0.2, 0.25) is 0 Å². The van der Waals surface area contributed by atoms with Crippen molar-refractivity contribution >= 4 is 49.2 Å². The highest BCUT2D eigenvalue weighted by Crippen LogP contribution is 2.36. The van der Waals surface area contributed by atoms with Gasteiger partial charge in [0.2, 0.25) is 15.9 Å². The summed E-state index contributed by atoms with van der Waals surface area (Å²) in [5.74, 6) is 0.0469. The number of rotatable bonds is 7. The molecule has 1 amide bonds. The van der Waals surface area contributed by atoms with E-state index in [4.69, 9.17) is 5.14 Å². The van der Waals surface area contributed by atoms with Gasteiger partial charge in [-0.25, -0.2) is 23.5 Å². The van der Waals surface area contributed by atoms with Crippen molar-refractivity contribution in [3.63, 3.8) is 0 Å². The standard InChI is InChI=1S/C22H20N4O3S3/c1-14(15-7-9-17(10-8-15)32(23,28)29)26-20(27)12-30-21-18-11-19(16-5-3-2-4-6-16)31-22(18)25-13-24-21/h2-11,13-14H,12H2,1H3,(H,26,27)(H2,23,28,29)/t14-/m1/s1. The maximum absolute atomic E-state index is 12.5. The number of primary sulfonamides is 1. The van der Waals surface area contributed by atoms with Crippen LogP contribution in [0.5, 0.6) is 0 Å². The predicted octanol–water partition coefficient (Wildman–Crippen LogP) is 3.98. The van der Waals surface area contributed by atoms with Gasteiger partial charge in [0.25, 0.3) is 0 Å². The first-order valence-electron chi connectivity index (χ1n) is 9.66. The van der Waals surface area contributed by atoms with Crippen LogP contribution in [0.25, 0.3) is 20.7 Å². The molecule has 3 N–H and O–H groups in total. The predicted molar refractivity (Wildman–Crippen MR) is 128 cm³/mol. The molecule has 0 radical (unpaired) electrons. The van der Waals surface area contributed by atoms with Crippen molar-refractivity contribution in [2.75, 3.05) is 5.75 Å². The first kappa shape index (κ1) is 22.4. The number of nitrogens with zero attached hydrogens (tertiary/aromatic N) is 2. The number of fused-ring (bicyclic) bond motifs is 1. The molecule has 1 atom stereocenters. The minimum absolute atomic E-state index is 0.0359. The first-order chi connectivity index (χ1) is 15.3. The lowest BCUT2D eigenvalue weighted by atomic mass is 10.1. The largest absolute Gasteiger partial charge is 0.349 e. The van der Waals surface area contributed by atoms with Crippen LogP contribution in [-0.4, -0.2) is 30.0 Å². The molecule has 0 unspecified atom stereocenters. The van der Waals surface area contributed by atoms with Crippen LogP contribution in [0.3, 0.4) is 0 Å². The highest BCUT2D eigenvalue weighted by molar-refractivity contribution is 8.00. The lowest BCUT2D eigenvalue weighted by Crippen LogP contribution is -2.28. The summed E-state index contributed by atoms with van der Waals surface area (Å²) in [5.41, 5.74) is 1.90. The van der Waals surface area contributed by atoms with Gasteiger partial charge < -0.3 is 5.32 Å². The van der Waals surface area contributed by atoms with Crippen molar-refractivity contribution in [2.24, 2.45) is 5.14 Å². The molecule has 7 nitrogen and oxygen atoms in total. The van der Waals surface area contributed by atoms with E-state index in [1.54, 1.807) is 23.5 Å². The van der Waals surface area contributed by atoms with Gasteiger partial charge in [-0.05, 0) is 36.2 Å². The van der Waals surface area contributed by atoms with Gasteiger partial charge in [0.15, 0.2) is 0 Å². The number of carbonyl (C=O) groups excluding carboxylic acids is 1. The number of sulfonamides is 1. The zero-order chi connectivity index (χ0) is 22.7. The Morgan fingerprint density at radius 1 is 1.12 bits per heavy atom. The minimum Gasteiger partial charge on any atom is -0.349 e. The molecule has 2 aromatic heterocycles. The average Bonchev–Trinajstić information content (AvgIpc) is 3.23. The molecule has 2 aromatic carbocycles. The van der Waals surface area contributed by atoms with E-state index in [0.29, 0.717) is 0 Å². The summed E-state index contributed by atoms with van der Waals surface area (Å²) in [4.78, 5) is 23.3. The fraction of sp³-hybridized carbons (Fsp3) is 0.136. The molecule has 0 aliphatic heterocycles. The topological polar surface area (TPSA) is 115 Å². The molecule has 0 spiro atoms. The maximum Gasteiger partial charge on any atom is 0.238 e. The van der Waals surface area contributed by atoms with E-state index in [0.717, 1.165) is 31.2 Å². The Bertz CT molecular complexity index is 1350. The summed E-state index contributed by atoms with van der Waals surface area (Å²) < 4.78 is 22.8. The number of amides is 1. The van der Waals surface area contributed by atoms with Gasteiger partial charge in [0, 0.05) is 10.3 Å². The summed E-state index contributed by atoms with van der Waals surface area (Å²) in [6.45, 7) is 1.84. The molecular weight excluding hydrogens is 464 g/mol. The smallest absolute Gasteiger partial charge is 0.238 e. The van der Waals surface area contributed by atoms with E-state index >= 15 is 0 Å². The van der Waals surface area contributed by atoms with Crippen LogP contribution in [0.4, 0.5) is 0 Å². The maximum atomic E-state index is 12.5. The molecule has 0 aliphatic carbocycles. The summed E-state index contributed by atoms with van der Waals surface area (Å²) in [7, 11) is -3.74. The number of nitrogens with two attached hydrogens (primary N) is 1. The van der Waals surface area contributed by atoms with E-state index < -0.39 is 10.0 Å². The number of hydrogen-bond acceptors (Lipinski definition) is 7. The third-order valence-electron chi connectivity index (χ3n) is 4.78. The Balaban J connectivity index is 1.42. The Morgan fingerprint density at radius 3 is 2.53 bits per heavy atom. The molecule has 0 saturated carbocycles. The number of thiophene rings is 1. The Morgan fingerprint density at radius 2 is 1.84 bits per heavy atom. The van der Waals surface area contributed by atoms with E-state index in [9.17, 15) is 13.2 Å². The second-order valence-electron chi connectivity index (χ2n) is 7.07. The molecule has 4 rings (SSSR count). The van der Waals surface area contributed by atoms with Gasteiger partial charge in [0.05, 0.1) is 16.7 Å². The second-order valence-corrected chi connectivity index (χ2v) is 10.6. The van der Waals surface area contributed by atoms with Crippen LogP contribution in [0, 0.1) is 0 Å². The van der Waals surface area contributed by atoms with Crippen LogP contribution in [0.15, 0.2) is 76.9 Å². The molecule has 0 saturated heterocycles. The number of carbonyl (C=O) groups is 1. The van der Waals surface area contributed by atoms with Crippen LogP contribution in [0.1, 0.15) is 18.5 Å². The van der Waals surface area contributed by atoms with Gasteiger partial charge in [-0.1, -0.05) is 54.2 Å². The number of nitrogens with one attached hydrogen (secondary N) is 1. The highest BCUT2D eigenvalue weighted by Gasteiger charge is 2.15. The van der Waals surface area contributed by atoms with E-state index in [1.807, 2.05) is 25.1 Å². The molecule has 0 aliphatic rings. The van der Waals surface area contributed by atoms with Gasteiger partial charge in [-0.2, -0.15) is 0 Å². The molecule has 2 heterocycles. The molecule has 4 aromatic rings. The normalized spacial score (nSPS) is 12.6. The van der Waals surface area contributed by atoms with Crippen molar-refractivity contribution in [1.82, 2.24) is 15.3 Å². The van der Waals surface area contributed by atoms with Crippen LogP contribution < -0.4 is 10.5 Å². The van der Waals surface area contributed by atoms with E-state index in [2.05, 4.69) is 33.5 Å². The molecular formula is C22H20N4O3S3. The first-order valence-corrected chi connectivity index (χ1v) is 13.0. The summed E-state index contributed by atoms with van der Waals surface area (Å²) in [5, 5.41) is 9.73. The summed E-state index contributed by atoms with van der Waals surface area (Å²) in [6, 6.07) is 18.0. The summed E-state index contributed by atoms with van der Waals surface area (Å²) in [6.07, 6.45) is 1.52. The van der Waals surface area contributed by atoms with Gasteiger partial charge >= 0.3 is 0 Å². The molecule has 10 heteroatoms. The summed E-state index contributed by atoms with van der Waals surface area (Å²) >= 11 is 2.95. The van der Waals surface area contributed by atoms with E-state index in [-0.39, 0.29) is 22.6 Å². The Hall–Kier alpha value is -2.79.